The van der Waals surface area contributed by atoms with Crippen LogP contribution in [0.1, 0.15) is 18.4 Å². The highest BCUT2D eigenvalue weighted by atomic mass is 32.1. The van der Waals surface area contributed by atoms with Gasteiger partial charge in [-0.2, -0.15) is 12.6 Å². The number of para-hydroxylation sites is 1. The van der Waals surface area contributed by atoms with E-state index in [1.807, 2.05) is 18.2 Å². The summed E-state index contributed by atoms with van der Waals surface area (Å²) in [6.07, 6.45) is 1.02. The van der Waals surface area contributed by atoms with E-state index in [9.17, 15) is 29.1 Å². The van der Waals surface area contributed by atoms with Gasteiger partial charge in [-0.1, -0.05) is 18.2 Å². The lowest BCUT2D eigenvalue weighted by atomic mass is 10.0. The molecule has 13 heteroatoms. The van der Waals surface area contributed by atoms with Crippen LogP contribution in [0.4, 0.5) is 0 Å². The van der Waals surface area contributed by atoms with Crippen molar-refractivity contribution in [2.75, 3.05) is 12.3 Å². The second-order valence-corrected chi connectivity index (χ2v) is 7.83. The van der Waals surface area contributed by atoms with Crippen LogP contribution in [-0.4, -0.2) is 75.3 Å². The summed E-state index contributed by atoms with van der Waals surface area (Å²) >= 11 is 3.93. The number of carbonyl (C=O) groups excluding carboxylic acids is 3. The summed E-state index contributed by atoms with van der Waals surface area (Å²) < 4.78 is 0. The van der Waals surface area contributed by atoms with Gasteiger partial charge < -0.3 is 36.9 Å². The van der Waals surface area contributed by atoms with E-state index in [1.165, 1.54) is 0 Å². The first-order valence-electron chi connectivity index (χ1n) is 10.4. The first-order chi connectivity index (χ1) is 16.2. The normalized spacial score (nSPS) is 13.5. The van der Waals surface area contributed by atoms with E-state index in [2.05, 4.69) is 33.6 Å². The Balaban J connectivity index is 2.29. The van der Waals surface area contributed by atoms with Crippen molar-refractivity contribution in [2.24, 2.45) is 5.73 Å². The van der Waals surface area contributed by atoms with Crippen LogP contribution < -0.4 is 21.7 Å². The minimum absolute atomic E-state index is 0.00299. The number of carbonyl (C=O) groups is 5. The number of aliphatic carboxylic acids is 2. The summed E-state index contributed by atoms with van der Waals surface area (Å²) in [7, 11) is 0. The minimum atomic E-state index is -1.30. The van der Waals surface area contributed by atoms with Gasteiger partial charge in [0, 0.05) is 35.7 Å². The maximum Gasteiger partial charge on any atom is 0.327 e. The Kier molecular flexibility index (Phi) is 9.89. The van der Waals surface area contributed by atoms with E-state index in [1.54, 1.807) is 12.3 Å². The number of carboxylic acids is 2. The molecule has 0 fully saturated rings. The number of nitrogens with one attached hydrogen (secondary N) is 4. The molecule has 0 spiro atoms. The standard InChI is InChI=1S/C21H27N5O7S/c22-8-17(27)24-14(5-6-18(28)29)19(30)25-15(20(31)26-16(10-34)21(32)33)7-11-9-23-13-4-2-1-3-12(11)13/h1-4,9,14-16,23,34H,5-8,10,22H2,(H,24,27)(H,25,30)(H,26,31)(H,28,29)(H,32,33). The number of hydrogen-bond donors (Lipinski definition) is 8. The van der Waals surface area contributed by atoms with Gasteiger partial charge in [0.2, 0.25) is 17.7 Å². The van der Waals surface area contributed by atoms with Gasteiger partial charge in [-0.15, -0.1) is 0 Å². The summed E-state index contributed by atoms with van der Waals surface area (Å²) in [6, 6.07) is 3.50. The van der Waals surface area contributed by atoms with Gasteiger partial charge in [-0.05, 0) is 18.1 Å². The highest BCUT2D eigenvalue weighted by molar-refractivity contribution is 7.80. The van der Waals surface area contributed by atoms with Gasteiger partial charge in [0.15, 0.2) is 0 Å². The maximum absolute atomic E-state index is 12.9. The lowest BCUT2D eigenvalue weighted by Gasteiger charge is -2.24. The van der Waals surface area contributed by atoms with Crippen molar-refractivity contribution in [3.05, 3.63) is 36.0 Å². The van der Waals surface area contributed by atoms with Gasteiger partial charge >= 0.3 is 11.9 Å². The lowest BCUT2D eigenvalue weighted by Crippen LogP contribution is -2.57. The van der Waals surface area contributed by atoms with E-state index in [0.29, 0.717) is 5.56 Å². The number of aromatic amines is 1. The Morgan fingerprint density at radius 3 is 2.24 bits per heavy atom. The predicted octanol–water partition coefficient (Wildman–Crippen LogP) is -0.997. The molecule has 3 atom stereocenters. The average molecular weight is 494 g/mol. The summed E-state index contributed by atoms with van der Waals surface area (Å²) in [5.41, 5.74) is 6.76. The average Bonchev–Trinajstić information content (AvgIpc) is 3.21. The molecule has 3 unspecified atom stereocenters. The Hall–Kier alpha value is -3.58. The van der Waals surface area contributed by atoms with Crippen molar-refractivity contribution in [1.82, 2.24) is 20.9 Å². The number of carboxylic acid groups (broad SMARTS) is 2. The van der Waals surface area contributed by atoms with Crippen LogP contribution in [0, 0.1) is 0 Å². The topological polar surface area (TPSA) is 204 Å². The monoisotopic (exact) mass is 493 g/mol. The summed E-state index contributed by atoms with van der Waals surface area (Å²) in [5, 5.41) is 26.2. The Morgan fingerprint density at radius 1 is 0.971 bits per heavy atom. The van der Waals surface area contributed by atoms with Crippen LogP contribution in [0.3, 0.4) is 0 Å². The molecule has 1 aromatic heterocycles. The first kappa shape index (κ1) is 26.7. The van der Waals surface area contributed by atoms with Gasteiger partial charge in [0.25, 0.3) is 0 Å². The number of aromatic nitrogens is 1. The molecule has 1 heterocycles. The third kappa shape index (κ3) is 7.49. The number of fused-ring (bicyclic) bond motifs is 1. The number of H-pyrrole nitrogens is 1. The molecule has 12 nitrogen and oxygen atoms in total. The van der Waals surface area contributed by atoms with E-state index in [0.717, 1.165) is 10.9 Å². The molecule has 0 bridgehead atoms. The second kappa shape index (κ2) is 12.6. The molecule has 2 aromatic rings. The predicted molar refractivity (Wildman–Crippen MR) is 125 cm³/mol. The molecule has 0 saturated heterocycles. The third-order valence-electron chi connectivity index (χ3n) is 5.01. The van der Waals surface area contributed by atoms with Crippen molar-refractivity contribution in [1.29, 1.82) is 0 Å². The van der Waals surface area contributed by atoms with Crippen LogP contribution in [0.25, 0.3) is 10.9 Å². The summed E-state index contributed by atoms with van der Waals surface area (Å²) in [5.74, 6) is -4.91. The third-order valence-corrected chi connectivity index (χ3v) is 5.38. The molecule has 0 saturated carbocycles. The Morgan fingerprint density at radius 2 is 1.62 bits per heavy atom. The van der Waals surface area contributed by atoms with Gasteiger partial charge in [-0.3, -0.25) is 19.2 Å². The molecule has 0 aliphatic rings. The largest absolute Gasteiger partial charge is 0.481 e. The fourth-order valence-electron chi connectivity index (χ4n) is 3.25. The molecule has 2 rings (SSSR count). The number of amides is 3. The minimum Gasteiger partial charge on any atom is -0.481 e. The zero-order valence-electron chi connectivity index (χ0n) is 18.1. The van der Waals surface area contributed by atoms with Crippen LogP contribution >= 0.6 is 12.6 Å². The van der Waals surface area contributed by atoms with Crippen LogP contribution in [0.5, 0.6) is 0 Å². The second-order valence-electron chi connectivity index (χ2n) is 7.46. The van der Waals surface area contributed by atoms with E-state index < -0.39 is 60.8 Å². The quantitative estimate of drug-likeness (QED) is 0.162. The smallest absolute Gasteiger partial charge is 0.327 e. The number of nitrogens with two attached hydrogens (primary N) is 1. The fourth-order valence-corrected chi connectivity index (χ4v) is 3.50. The van der Waals surface area contributed by atoms with Crippen molar-refractivity contribution >= 4 is 53.2 Å². The van der Waals surface area contributed by atoms with E-state index >= 15 is 0 Å². The molecule has 1 aromatic carbocycles. The SMILES string of the molecule is NCC(=O)NC(CCC(=O)O)C(=O)NC(Cc1c[nH]c2ccccc12)C(=O)NC(CS)C(=O)O. The Bertz CT molecular complexity index is 1060. The summed E-state index contributed by atoms with van der Waals surface area (Å²) in [6.45, 7) is -0.418. The molecule has 0 aliphatic heterocycles. The first-order valence-corrected chi connectivity index (χ1v) is 11.0. The van der Waals surface area contributed by atoms with Crippen molar-refractivity contribution < 1.29 is 34.2 Å². The number of hydrogen-bond acceptors (Lipinski definition) is 7. The Labute approximate surface area is 200 Å². The van der Waals surface area contributed by atoms with Gasteiger partial charge in [-0.25, -0.2) is 4.79 Å². The molecule has 0 radical (unpaired) electrons. The highest BCUT2D eigenvalue weighted by Crippen LogP contribution is 2.19. The van der Waals surface area contributed by atoms with Crippen LogP contribution in [-0.2, 0) is 30.4 Å². The highest BCUT2D eigenvalue weighted by Gasteiger charge is 2.30. The zero-order chi connectivity index (χ0) is 25.3. The molecular weight excluding hydrogens is 466 g/mol. The number of rotatable bonds is 13. The molecule has 0 aliphatic carbocycles. The van der Waals surface area contributed by atoms with Crippen molar-refractivity contribution in [3.8, 4) is 0 Å². The van der Waals surface area contributed by atoms with Gasteiger partial charge in [0.1, 0.15) is 18.1 Å². The molecule has 34 heavy (non-hydrogen) atoms. The zero-order valence-corrected chi connectivity index (χ0v) is 19.0. The van der Waals surface area contributed by atoms with Gasteiger partial charge in [0.05, 0.1) is 6.54 Å². The van der Waals surface area contributed by atoms with E-state index in [-0.39, 0.29) is 18.6 Å². The van der Waals surface area contributed by atoms with Crippen LogP contribution in [0.2, 0.25) is 0 Å². The molecule has 8 N–H and O–H groups in total. The molecule has 3 amide bonds. The van der Waals surface area contributed by atoms with Crippen molar-refractivity contribution in [2.45, 2.75) is 37.4 Å². The lowest BCUT2D eigenvalue weighted by molar-refractivity contribution is -0.141. The van der Waals surface area contributed by atoms with Crippen LogP contribution in [0.15, 0.2) is 30.5 Å². The molecule has 184 valence electrons. The number of benzene rings is 1. The number of thiol groups is 1. The fraction of sp³-hybridized carbons (Fsp3) is 0.381. The maximum atomic E-state index is 12.9. The van der Waals surface area contributed by atoms with Crippen molar-refractivity contribution in [3.63, 3.8) is 0 Å². The summed E-state index contributed by atoms with van der Waals surface area (Å²) in [4.78, 5) is 63.0. The molecular formula is C21H27N5O7S. The van der Waals surface area contributed by atoms with E-state index in [4.69, 9.17) is 10.8 Å².